The maximum Gasteiger partial charge on any atom is 0.225 e. The van der Waals surface area contributed by atoms with Crippen molar-refractivity contribution in [1.82, 2.24) is 19.9 Å². The van der Waals surface area contributed by atoms with Crippen LogP contribution < -0.4 is 9.80 Å². The number of nitrogens with zero attached hydrogens (tertiary/aromatic N) is 6. The van der Waals surface area contributed by atoms with E-state index in [9.17, 15) is 0 Å². The molecule has 0 amide bonds. The van der Waals surface area contributed by atoms with Crippen LogP contribution in [0, 0.1) is 5.92 Å². The van der Waals surface area contributed by atoms with Crippen LogP contribution in [0.15, 0.2) is 37.1 Å². The lowest BCUT2D eigenvalue weighted by Gasteiger charge is -2.38. The van der Waals surface area contributed by atoms with Crippen LogP contribution in [-0.2, 0) is 0 Å². The molecule has 2 saturated heterocycles. The highest BCUT2D eigenvalue weighted by molar-refractivity contribution is 5.41. The normalized spacial score (nSPS) is 25.0. The number of rotatable bonds is 2. The van der Waals surface area contributed by atoms with Crippen molar-refractivity contribution < 1.29 is 0 Å². The number of hydrogen-bond acceptors (Lipinski definition) is 6. The van der Waals surface area contributed by atoms with E-state index < -0.39 is 0 Å². The summed E-state index contributed by atoms with van der Waals surface area (Å²) in [6.45, 7) is 3.08. The maximum atomic E-state index is 4.43. The molecule has 2 aromatic heterocycles. The van der Waals surface area contributed by atoms with E-state index in [1.807, 2.05) is 24.7 Å². The third kappa shape index (κ3) is 2.30. The number of anilines is 2. The highest BCUT2D eigenvalue weighted by Crippen LogP contribution is 2.34. The molecule has 0 radical (unpaired) electrons. The fourth-order valence-corrected chi connectivity index (χ4v) is 3.49. The smallest absolute Gasteiger partial charge is 0.225 e. The molecule has 4 rings (SSSR count). The lowest BCUT2D eigenvalue weighted by molar-refractivity contribution is 0.387. The number of piperidine rings is 1. The molecule has 0 aromatic carbocycles. The van der Waals surface area contributed by atoms with Gasteiger partial charge in [-0.25, -0.2) is 15.0 Å². The molecule has 0 bridgehead atoms. The predicted octanol–water partition coefficient (Wildman–Crippen LogP) is 1.37. The first-order chi connectivity index (χ1) is 10.4. The van der Waals surface area contributed by atoms with Crippen LogP contribution in [0.25, 0.3) is 0 Å². The first kappa shape index (κ1) is 12.5. The van der Waals surface area contributed by atoms with Crippen molar-refractivity contribution in [2.45, 2.75) is 18.9 Å². The van der Waals surface area contributed by atoms with Gasteiger partial charge in [0.25, 0.3) is 0 Å². The van der Waals surface area contributed by atoms with E-state index in [0.29, 0.717) is 6.04 Å². The summed E-state index contributed by atoms with van der Waals surface area (Å²) in [7, 11) is 0. The van der Waals surface area contributed by atoms with E-state index in [2.05, 4.69) is 29.7 Å². The summed E-state index contributed by atoms with van der Waals surface area (Å²) in [5.74, 6) is 2.56. The van der Waals surface area contributed by atoms with E-state index in [-0.39, 0.29) is 0 Å². The summed E-state index contributed by atoms with van der Waals surface area (Å²) in [5, 5.41) is 0. The van der Waals surface area contributed by atoms with E-state index in [1.54, 1.807) is 12.4 Å². The maximum absolute atomic E-state index is 4.43. The molecule has 6 nitrogen and oxygen atoms in total. The molecule has 0 aliphatic carbocycles. The molecule has 0 spiro atoms. The van der Waals surface area contributed by atoms with Crippen molar-refractivity contribution in [3.63, 3.8) is 0 Å². The minimum Gasteiger partial charge on any atom is -0.353 e. The quantitative estimate of drug-likeness (QED) is 0.829. The third-order valence-electron chi connectivity index (χ3n) is 4.55. The van der Waals surface area contributed by atoms with Gasteiger partial charge in [-0.1, -0.05) is 0 Å². The van der Waals surface area contributed by atoms with Gasteiger partial charge in [0.15, 0.2) is 0 Å². The van der Waals surface area contributed by atoms with Crippen LogP contribution in [0.1, 0.15) is 12.8 Å². The average Bonchev–Trinajstić information content (AvgIpc) is 2.99. The standard InChI is InChI=1S/C15H18N6/c1-4-18-15(19-5-1)21-9-3-12-2-8-20(11-13(12)21)14-10-16-6-7-17-14/h1,4-7,10,12-13H,2-3,8-9,11H2. The predicted molar refractivity (Wildman–Crippen MR) is 80.1 cm³/mol. The number of hydrogen-bond donors (Lipinski definition) is 0. The second kappa shape index (κ2) is 5.27. The molecule has 21 heavy (non-hydrogen) atoms. The zero-order valence-electron chi connectivity index (χ0n) is 11.8. The van der Waals surface area contributed by atoms with Crippen molar-refractivity contribution >= 4 is 11.8 Å². The molecule has 4 heterocycles. The Balaban J connectivity index is 1.56. The summed E-state index contributed by atoms with van der Waals surface area (Å²) in [4.78, 5) is 22.1. The lowest BCUT2D eigenvalue weighted by Crippen LogP contribution is -2.49. The first-order valence-corrected chi connectivity index (χ1v) is 7.46. The molecular formula is C15H18N6. The van der Waals surface area contributed by atoms with Crippen molar-refractivity contribution in [2.24, 2.45) is 5.92 Å². The summed E-state index contributed by atoms with van der Waals surface area (Å²) >= 11 is 0. The van der Waals surface area contributed by atoms with Crippen molar-refractivity contribution in [2.75, 3.05) is 29.4 Å². The fraction of sp³-hybridized carbons (Fsp3) is 0.467. The molecule has 2 aliphatic heterocycles. The highest BCUT2D eigenvalue weighted by Gasteiger charge is 2.39. The Hall–Kier alpha value is -2.24. The molecule has 2 unspecified atom stereocenters. The molecule has 0 N–H and O–H groups in total. The molecule has 2 aromatic rings. The van der Waals surface area contributed by atoms with Gasteiger partial charge in [-0.3, -0.25) is 4.98 Å². The van der Waals surface area contributed by atoms with Crippen LogP contribution in [0.5, 0.6) is 0 Å². The largest absolute Gasteiger partial charge is 0.353 e. The Morgan fingerprint density at radius 3 is 2.62 bits per heavy atom. The van der Waals surface area contributed by atoms with Gasteiger partial charge in [-0.05, 0) is 24.8 Å². The van der Waals surface area contributed by atoms with E-state index >= 15 is 0 Å². The number of fused-ring (bicyclic) bond motifs is 1. The summed E-state index contributed by atoms with van der Waals surface area (Å²) < 4.78 is 0. The van der Waals surface area contributed by atoms with E-state index in [4.69, 9.17) is 0 Å². The Labute approximate surface area is 123 Å². The van der Waals surface area contributed by atoms with Gasteiger partial charge in [0.2, 0.25) is 5.95 Å². The zero-order valence-corrected chi connectivity index (χ0v) is 11.8. The van der Waals surface area contributed by atoms with Crippen LogP contribution in [-0.4, -0.2) is 45.6 Å². The molecule has 2 atom stereocenters. The Kier molecular flexibility index (Phi) is 3.14. The summed E-state index contributed by atoms with van der Waals surface area (Å²) in [6.07, 6.45) is 11.4. The van der Waals surface area contributed by atoms with Crippen molar-refractivity contribution in [3.05, 3.63) is 37.1 Å². The van der Waals surface area contributed by atoms with Gasteiger partial charge in [-0.15, -0.1) is 0 Å². The Bertz CT molecular complexity index is 590. The summed E-state index contributed by atoms with van der Waals surface area (Å²) in [6, 6.07) is 2.34. The second-order valence-corrected chi connectivity index (χ2v) is 5.66. The topological polar surface area (TPSA) is 58.0 Å². The van der Waals surface area contributed by atoms with E-state index in [0.717, 1.165) is 37.3 Å². The van der Waals surface area contributed by atoms with Gasteiger partial charge >= 0.3 is 0 Å². The molecule has 6 heteroatoms. The Morgan fingerprint density at radius 2 is 1.81 bits per heavy atom. The van der Waals surface area contributed by atoms with Gasteiger partial charge in [0.1, 0.15) is 5.82 Å². The van der Waals surface area contributed by atoms with Crippen LogP contribution in [0.4, 0.5) is 11.8 Å². The highest BCUT2D eigenvalue weighted by atomic mass is 15.3. The van der Waals surface area contributed by atoms with Gasteiger partial charge < -0.3 is 9.80 Å². The molecule has 108 valence electrons. The fourth-order valence-electron chi connectivity index (χ4n) is 3.49. The minimum atomic E-state index is 0.475. The zero-order chi connectivity index (χ0) is 14.1. The average molecular weight is 282 g/mol. The Morgan fingerprint density at radius 1 is 0.952 bits per heavy atom. The molecular weight excluding hydrogens is 264 g/mol. The van der Waals surface area contributed by atoms with Crippen LogP contribution in [0.3, 0.4) is 0 Å². The van der Waals surface area contributed by atoms with Crippen LogP contribution in [0.2, 0.25) is 0 Å². The van der Waals surface area contributed by atoms with Gasteiger partial charge in [0, 0.05) is 44.4 Å². The molecule has 0 saturated carbocycles. The van der Waals surface area contributed by atoms with Gasteiger partial charge in [0.05, 0.1) is 12.2 Å². The molecule has 2 aliphatic rings. The van der Waals surface area contributed by atoms with Crippen LogP contribution >= 0.6 is 0 Å². The second-order valence-electron chi connectivity index (χ2n) is 5.66. The summed E-state index contributed by atoms with van der Waals surface area (Å²) in [5.41, 5.74) is 0. The third-order valence-corrected chi connectivity index (χ3v) is 4.55. The molecule has 2 fully saturated rings. The van der Waals surface area contributed by atoms with Crippen molar-refractivity contribution in [1.29, 1.82) is 0 Å². The first-order valence-electron chi connectivity index (χ1n) is 7.46. The minimum absolute atomic E-state index is 0.475. The monoisotopic (exact) mass is 282 g/mol. The number of aromatic nitrogens is 4. The SMILES string of the molecule is c1cnc(N2CCC3CCN(c4cnccn4)CC32)nc1. The van der Waals surface area contributed by atoms with E-state index in [1.165, 1.54) is 12.8 Å². The van der Waals surface area contributed by atoms with Gasteiger partial charge in [-0.2, -0.15) is 0 Å². The van der Waals surface area contributed by atoms with Crippen molar-refractivity contribution in [3.8, 4) is 0 Å². The lowest BCUT2D eigenvalue weighted by atomic mass is 9.92.